The van der Waals surface area contributed by atoms with Gasteiger partial charge in [-0.2, -0.15) is 10.2 Å². The van der Waals surface area contributed by atoms with Crippen LogP contribution in [0.3, 0.4) is 0 Å². The van der Waals surface area contributed by atoms with Gasteiger partial charge in [0, 0.05) is 58.6 Å². The number of hydrogen-bond donors (Lipinski definition) is 1. The van der Waals surface area contributed by atoms with Crippen molar-refractivity contribution in [1.29, 1.82) is 0 Å². The summed E-state index contributed by atoms with van der Waals surface area (Å²) in [6, 6.07) is 8.27. The number of nitrogens with zero attached hydrogens (tertiary/aromatic N) is 6. The first-order valence-corrected chi connectivity index (χ1v) is 10.1. The zero-order chi connectivity index (χ0) is 21.7. The van der Waals surface area contributed by atoms with Crippen LogP contribution in [0.2, 0.25) is 0 Å². The predicted octanol–water partition coefficient (Wildman–Crippen LogP) is 3.12. The number of aromatic nitrogens is 4. The normalized spacial score (nSPS) is 11.9. The monoisotopic (exact) mass is 411 g/mol. The highest BCUT2D eigenvalue weighted by Crippen LogP contribution is 2.18. The molecule has 7 nitrogen and oxygen atoms in total. The Hall–Kier alpha value is -3.16. The van der Waals surface area contributed by atoms with Gasteiger partial charge in [-0.05, 0) is 36.2 Å². The summed E-state index contributed by atoms with van der Waals surface area (Å²) < 4.78 is 16.7. The second kappa shape index (κ2) is 9.56. The van der Waals surface area contributed by atoms with Crippen molar-refractivity contribution < 1.29 is 4.39 Å². The zero-order valence-corrected chi connectivity index (χ0v) is 18.3. The topological polar surface area (TPSA) is 63.3 Å². The van der Waals surface area contributed by atoms with Gasteiger partial charge >= 0.3 is 0 Å². The lowest BCUT2D eigenvalue weighted by Gasteiger charge is -2.22. The molecular weight excluding hydrogens is 381 g/mol. The Labute approximate surface area is 177 Å². The molecule has 0 saturated carbocycles. The SMILES string of the molecule is CN=C(NCCc1ccn(-c2ccc(F)cc2)n1)N(C)Cc1cn(C)nc1C(C)C. The molecule has 0 saturated heterocycles. The van der Waals surface area contributed by atoms with Crippen molar-refractivity contribution in [3.63, 3.8) is 0 Å². The third-order valence-electron chi connectivity index (χ3n) is 4.86. The quantitative estimate of drug-likeness (QED) is 0.479. The highest BCUT2D eigenvalue weighted by molar-refractivity contribution is 5.79. The molecule has 8 heteroatoms. The highest BCUT2D eigenvalue weighted by Gasteiger charge is 2.15. The molecule has 0 amide bonds. The molecule has 0 radical (unpaired) electrons. The number of aliphatic imine (C=N–C) groups is 1. The van der Waals surface area contributed by atoms with E-state index in [1.54, 1.807) is 23.9 Å². The molecule has 1 aromatic carbocycles. The molecule has 2 aromatic heterocycles. The van der Waals surface area contributed by atoms with Crippen molar-refractivity contribution in [2.45, 2.75) is 32.7 Å². The van der Waals surface area contributed by atoms with Crippen LogP contribution >= 0.6 is 0 Å². The fraction of sp³-hybridized carbons (Fsp3) is 0.409. The maximum atomic E-state index is 13.1. The maximum absolute atomic E-state index is 13.1. The van der Waals surface area contributed by atoms with Crippen LogP contribution in [-0.4, -0.2) is 51.1 Å². The molecule has 0 bridgehead atoms. The predicted molar refractivity (Wildman–Crippen MR) is 117 cm³/mol. The molecule has 1 N–H and O–H groups in total. The summed E-state index contributed by atoms with van der Waals surface area (Å²) >= 11 is 0. The van der Waals surface area contributed by atoms with Crippen molar-refractivity contribution in [2.75, 3.05) is 20.6 Å². The van der Waals surface area contributed by atoms with Crippen LogP contribution < -0.4 is 5.32 Å². The van der Waals surface area contributed by atoms with E-state index in [2.05, 4.69) is 45.5 Å². The smallest absolute Gasteiger partial charge is 0.193 e. The number of aryl methyl sites for hydroxylation is 1. The third-order valence-corrected chi connectivity index (χ3v) is 4.86. The summed E-state index contributed by atoms with van der Waals surface area (Å²) in [6.07, 6.45) is 4.71. The lowest BCUT2D eigenvalue weighted by molar-refractivity contribution is 0.473. The molecule has 0 fully saturated rings. The summed E-state index contributed by atoms with van der Waals surface area (Å²) in [5.74, 6) is 0.949. The van der Waals surface area contributed by atoms with Crippen molar-refractivity contribution in [1.82, 2.24) is 29.8 Å². The van der Waals surface area contributed by atoms with Crippen LogP contribution in [0.25, 0.3) is 5.69 Å². The van der Waals surface area contributed by atoms with Gasteiger partial charge in [-0.3, -0.25) is 9.67 Å². The van der Waals surface area contributed by atoms with E-state index in [0.29, 0.717) is 12.5 Å². The second-order valence-electron chi connectivity index (χ2n) is 7.68. The van der Waals surface area contributed by atoms with Crippen LogP contribution in [0.1, 0.15) is 36.7 Å². The highest BCUT2D eigenvalue weighted by atomic mass is 19.1. The second-order valence-corrected chi connectivity index (χ2v) is 7.68. The number of rotatable bonds is 7. The van der Waals surface area contributed by atoms with E-state index < -0.39 is 0 Å². The van der Waals surface area contributed by atoms with E-state index in [9.17, 15) is 4.39 Å². The molecule has 3 rings (SSSR count). The standard InChI is InChI=1S/C22H30FN7/c1-16(2)21-17(15-29(5)27-21)14-28(4)22(24-3)25-12-10-19-11-13-30(26-19)20-8-6-18(23)7-9-20/h6-9,11,13,15-16H,10,12,14H2,1-5H3,(H,24,25). The average Bonchev–Trinajstić information content (AvgIpc) is 3.32. The van der Waals surface area contributed by atoms with E-state index >= 15 is 0 Å². The van der Waals surface area contributed by atoms with E-state index in [1.807, 2.05) is 31.0 Å². The number of nitrogens with one attached hydrogen (secondary N) is 1. The first-order valence-electron chi connectivity index (χ1n) is 10.1. The Morgan fingerprint density at radius 1 is 1.20 bits per heavy atom. The Balaban J connectivity index is 1.55. The third kappa shape index (κ3) is 5.25. The number of guanidine groups is 1. The summed E-state index contributed by atoms with van der Waals surface area (Å²) in [7, 11) is 5.76. The van der Waals surface area contributed by atoms with E-state index in [0.717, 1.165) is 36.0 Å². The molecular formula is C22H30FN7. The molecule has 30 heavy (non-hydrogen) atoms. The molecule has 0 atom stereocenters. The van der Waals surface area contributed by atoms with Crippen molar-refractivity contribution in [3.8, 4) is 5.69 Å². The number of halogens is 1. The molecule has 3 aromatic rings. The van der Waals surface area contributed by atoms with Crippen LogP contribution in [0.4, 0.5) is 4.39 Å². The average molecular weight is 412 g/mol. The molecule has 0 aliphatic heterocycles. The van der Waals surface area contributed by atoms with Gasteiger partial charge in [-0.1, -0.05) is 13.8 Å². The van der Waals surface area contributed by atoms with Crippen LogP contribution in [0, 0.1) is 5.82 Å². The fourth-order valence-corrected chi connectivity index (χ4v) is 3.41. The van der Waals surface area contributed by atoms with Crippen LogP contribution in [0.5, 0.6) is 0 Å². The van der Waals surface area contributed by atoms with Gasteiger partial charge in [0.1, 0.15) is 5.82 Å². The van der Waals surface area contributed by atoms with Gasteiger partial charge in [0.15, 0.2) is 5.96 Å². The summed E-state index contributed by atoms with van der Waals surface area (Å²) in [6.45, 7) is 5.76. The minimum absolute atomic E-state index is 0.252. The Bertz CT molecular complexity index is 985. The number of hydrogen-bond acceptors (Lipinski definition) is 3. The first kappa shape index (κ1) is 21.5. The molecule has 0 aliphatic rings. The minimum atomic E-state index is -0.252. The van der Waals surface area contributed by atoms with Crippen molar-refractivity contribution in [3.05, 3.63) is 65.5 Å². The summed E-state index contributed by atoms with van der Waals surface area (Å²) in [4.78, 5) is 6.50. The van der Waals surface area contributed by atoms with Gasteiger partial charge < -0.3 is 10.2 Å². The molecule has 160 valence electrons. The van der Waals surface area contributed by atoms with E-state index in [1.165, 1.54) is 17.7 Å². The van der Waals surface area contributed by atoms with Gasteiger partial charge in [-0.25, -0.2) is 9.07 Å². The Kier molecular flexibility index (Phi) is 6.87. The molecule has 2 heterocycles. The van der Waals surface area contributed by atoms with Crippen LogP contribution in [0.15, 0.2) is 47.7 Å². The van der Waals surface area contributed by atoms with Crippen LogP contribution in [-0.2, 0) is 20.0 Å². The van der Waals surface area contributed by atoms with Crippen molar-refractivity contribution in [2.24, 2.45) is 12.0 Å². The van der Waals surface area contributed by atoms with Gasteiger partial charge in [-0.15, -0.1) is 0 Å². The largest absolute Gasteiger partial charge is 0.356 e. The van der Waals surface area contributed by atoms with E-state index in [4.69, 9.17) is 0 Å². The fourth-order valence-electron chi connectivity index (χ4n) is 3.41. The minimum Gasteiger partial charge on any atom is -0.356 e. The molecule has 0 unspecified atom stereocenters. The van der Waals surface area contributed by atoms with Crippen molar-refractivity contribution >= 4 is 5.96 Å². The first-order chi connectivity index (χ1) is 14.4. The summed E-state index contributed by atoms with van der Waals surface area (Å²) in [5, 5.41) is 12.5. The Morgan fingerprint density at radius 3 is 2.60 bits per heavy atom. The summed E-state index contributed by atoms with van der Waals surface area (Å²) in [5.41, 5.74) is 4.12. The van der Waals surface area contributed by atoms with E-state index in [-0.39, 0.29) is 5.82 Å². The lowest BCUT2D eigenvalue weighted by Crippen LogP contribution is -2.39. The van der Waals surface area contributed by atoms with Gasteiger partial charge in [0.2, 0.25) is 0 Å². The maximum Gasteiger partial charge on any atom is 0.193 e. The van der Waals surface area contributed by atoms with Gasteiger partial charge in [0.25, 0.3) is 0 Å². The molecule has 0 aliphatic carbocycles. The Morgan fingerprint density at radius 2 is 1.93 bits per heavy atom. The lowest BCUT2D eigenvalue weighted by atomic mass is 10.1. The number of benzene rings is 1. The van der Waals surface area contributed by atoms with Gasteiger partial charge in [0.05, 0.1) is 17.1 Å². The molecule has 0 spiro atoms. The zero-order valence-electron chi connectivity index (χ0n) is 18.3.